The summed E-state index contributed by atoms with van der Waals surface area (Å²) in [4.78, 5) is 20.2. The normalized spacial score (nSPS) is 13.0. The minimum Gasteiger partial charge on any atom is -0.444 e. The van der Waals surface area contributed by atoms with E-state index in [0.717, 1.165) is 38.4 Å². The van der Waals surface area contributed by atoms with E-state index in [9.17, 15) is 4.79 Å². The number of halogens is 1. The molecular weight excluding hydrogens is 457 g/mol. The fraction of sp³-hybridized carbons (Fsp3) is 0.895. The van der Waals surface area contributed by atoms with Crippen LogP contribution in [0.15, 0.2) is 4.99 Å². The van der Waals surface area contributed by atoms with Gasteiger partial charge in [-0.3, -0.25) is 4.99 Å². The highest BCUT2D eigenvalue weighted by Gasteiger charge is 2.19. The van der Waals surface area contributed by atoms with Crippen LogP contribution in [0.5, 0.6) is 0 Å². The van der Waals surface area contributed by atoms with Gasteiger partial charge in [0.1, 0.15) is 5.60 Å². The quantitative estimate of drug-likeness (QED) is 0.275. The number of carbonyl (C=O) groups is 1. The second-order valence-electron chi connectivity index (χ2n) is 7.62. The van der Waals surface area contributed by atoms with Crippen LogP contribution in [-0.2, 0) is 4.74 Å². The second kappa shape index (κ2) is 15.2. The zero-order chi connectivity index (χ0) is 20.2. The molecule has 7 nitrogen and oxygen atoms in total. The Morgan fingerprint density at radius 2 is 1.78 bits per heavy atom. The summed E-state index contributed by atoms with van der Waals surface area (Å²) in [7, 11) is 3.50. The predicted molar refractivity (Wildman–Crippen MR) is 125 cm³/mol. The lowest BCUT2D eigenvalue weighted by atomic mass is 10.2. The molecule has 1 atom stereocenters. The summed E-state index contributed by atoms with van der Waals surface area (Å²) in [6, 6.07) is 0.348. The Kier molecular flexibility index (Phi) is 16.0. The van der Waals surface area contributed by atoms with Gasteiger partial charge in [0.25, 0.3) is 0 Å². The molecule has 0 aliphatic heterocycles. The number of amides is 1. The standard InChI is InChI=1S/C19H41N5O2.HI/c1-9-24(10-2)14-11-12-16(3)22-17(20-7)21-13-15-23(8)18(25)26-19(4,5)6;/h16H,9-15H2,1-8H3,(H2,20,21,22);1H. The molecule has 0 aliphatic rings. The number of guanidine groups is 1. The van der Waals surface area contributed by atoms with Crippen LogP contribution in [0.25, 0.3) is 0 Å². The van der Waals surface area contributed by atoms with Crippen LogP contribution < -0.4 is 10.6 Å². The maximum atomic E-state index is 11.9. The lowest BCUT2D eigenvalue weighted by molar-refractivity contribution is 0.0302. The van der Waals surface area contributed by atoms with Crippen LogP contribution in [0.3, 0.4) is 0 Å². The van der Waals surface area contributed by atoms with Crippen molar-refractivity contribution in [2.45, 2.75) is 66.0 Å². The summed E-state index contributed by atoms with van der Waals surface area (Å²) in [6.07, 6.45) is 1.94. The Balaban J connectivity index is 0. The van der Waals surface area contributed by atoms with Gasteiger partial charge in [0.05, 0.1) is 0 Å². The molecule has 0 aliphatic carbocycles. The molecule has 0 heterocycles. The minimum atomic E-state index is -0.475. The number of rotatable bonds is 10. The van der Waals surface area contributed by atoms with Gasteiger partial charge in [0, 0.05) is 33.2 Å². The Labute approximate surface area is 183 Å². The van der Waals surface area contributed by atoms with Crippen LogP contribution in [-0.4, -0.2) is 80.3 Å². The fourth-order valence-corrected chi connectivity index (χ4v) is 2.43. The first-order valence-corrected chi connectivity index (χ1v) is 9.76. The summed E-state index contributed by atoms with van der Waals surface area (Å²) in [6.45, 7) is 16.7. The topological polar surface area (TPSA) is 69.2 Å². The molecule has 0 radical (unpaired) electrons. The SMILES string of the molecule is CCN(CC)CCCC(C)NC(=NC)NCCN(C)C(=O)OC(C)(C)C.I. The third-order valence-electron chi connectivity index (χ3n) is 4.06. The van der Waals surface area contributed by atoms with E-state index in [1.807, 2.05) is 20.8 Å². The Bertz CT molecular complexity index is 423. The Morgan fingerprint density at radius 1 is 1.19 bits per heavy atom. The highest BCUT2D eigenvalue weighted by molar-refractivity contribution is 14.0. The number of nitrogens with one attached hydrogen (secondary N) is 2. The fourth-order valence-electron chi connectivity index (χ4n) is 2.43. The molecule has 0 spiro atoms. The van der Waals surface area contributed by atoms with Crippen molar-refractivity contribution in [2.75, 3.05) is 46.8 Å². The molecule has 0 fully saturated rings. The van der Waals surface area contributed by atoms with Gasteiger partial charge in [0.2, 0.25) is 0 Å². The van der Waals surface area contributed by atoms with Crippen molar-refractivity contribution in [3.05, 3.63) is 0 Å². The first-order valence-electron chi connectivity index (χ1n) is 9.76. The van der Waals surface area contributed by atoms with Gasteiger partial charge in [-0.05, 0) is 60.2 Å². The molecule has 0 aromatic heterocycles. The molecule has 0 aromatic rings. The first kappa shape index (κ1) is 28.4. The van der Waals surface area contributed by atoms with Gasteiger partial charge in [-0.1, -0.05) is 13.8 Å². The largest absolute Gasteiger partial charge is 0.444 e. The van der Waals surface area contributed by atoms with Crippen LogP contribution in [0.1, 0.15) is 54.4 Å². The van der Waals surface area contributed by atoms with Gasteiger partial charge in [-0.25, -0.2) is 4.79 Å². The van der Waals surface area contributed by atoms with E-state index in [1.54, 1.807) is 19.0 Å². The van der Waals surface area contributed by atoms with Crippen LogP contribution in [0.2, 0.25) is 0 Å². The zero-order valence-corrected chi connectivity index (χ0v) is 20.9. The molecule has 1 amide bonds. The lowest BCUT2D eigenvalue weighted by Gasteiger charge is -2.25. The molecule has 0 bridgehead atoms. The van der Waals surface area contributed by atoms with E-state index >= 15 is 0 Å². The van der Waals surface area contributed by atoms with Crippen molar-refractivity contribution >= 4 is 36.0 Å². The molecule has 2 N–H and O–H groups in total. The van der Waals surface area contributed by atoms with Crippen LogP contribution in [0, 0.1) is 0 Å². The summed E-state index contributed by atoms with van der Waals surface area (Å²) in [5.41, 5.74) is -0.475. The van der Waals surface area contributed by atoms with E-state index < -0.39 is 5.60 Å². The Hall–Kier alpha value is -0.770. The van der Waals surface area contributed by atoms with Crippen LogP contribution >= 0.6 is 24.0 Å². The maximum absolute atomic E-state index is 11.9. The third-order valence-corrected chi connectivity index (χ3v) is 4.06. The van der Waals surface area contributed by atoms with Crippen molar-refractivity contribution < 1.29 is 9.53 Å². The lowest BCUT2D eigenvalue weighted by Crippen LogP contribution is -2.45. The number of ether oxygens (including phenoxy) is 1. The maximum Gasteiger partial charge on any atom is 0.410 e. The molecule has 8 heteroatoms. The van der Waals surface area contributed by atoms with Crippen LogP contribution in [0.4, 0.5) is 4.79 Å². The van der Waals surface area contributed by atoms with Crippen molar-refractivity contribution in [1.82, 2.24) is 20.4 Å². The number of nitrogens with zero attached hydrogens (tertiary/aromatic N) is 3. The summed E-state index contributed by atoms with van der Waals surface area (Å²) in [5, 5.41) is 6.65. The zero-order valence-electron chi connectivity index (χ0n) is 18.6. The van der Waals surface area contributed by atoms with Crippen molar-refractivity contribution in [2.24, 2.45) is 4.99 Å². The number of likely N-dealkylation sites (N-methyl/N-ethyl adjacent to an activating group) is 1. The third kappa shape index (κ3) is 14.9. The van der Waals surface area contributed by atoms with E-state index in [4.69, 9.17) is 4.74 Å². The number of aliphatic imine (C=N–C) groups is 1. The van der Waals surface area contributed by atoms with Gasteiger partial charge in [-0.2, -0.15) is 0 Å². The van der Waals surface area contributed by atoms with Gasteiger partial charge < -0.3 is 25.2 Å². The van der Waals surface area contributed by atoms with Gasteiger partial charge >= 0.3 is 6.09 Å². The smallest absolute Gasteiger partial charge is 0.410 e. The molecule has 162 valence electrons. The minimum absolute atomic E-state index is 0. The molecule has 27 heavy (non-hydrogen) atoms. The van der Waals surface area contributed by atoms with Crippen molar-refractivity contribution in [3.63, 3.8) is 0 Å². The Morgan fingerprint density at radius 3 is 2.26 bits per heavy atom. The summed E-state index contributed by atoms with van der Waals surface area (Å²) < 4.78 is 5.34. The number of hydrogen-bond acceptors (Lipinski definition) is 4. The van der Waals surface area contributed by atoms with Crippen molar-refractivity contribution in [1.29, 1.82) is 0 Å². The summed E-state index contributed by atoms with van der Waals surface area (Å²) in [5.74, 6) is 0.762. The summed E-state index contributed by atoms with van der Waals surface area (Å²) >= 11 is 0. The molecule has 0 rings (SSSR count). The molecular formula is C19H42IN5O2. The van der Waals surface area contributed by atoms with E-state index in [1.165, 1.54) is 0 Å². The highest BCUT2D eigenvalue weighted by Crippen LogP contribution is 2.08. The van der Waals surface area contributed by atoms with Crippen molar-refractivity contribution in [3.8, 4) is 0 Å². The molecule has 0 aromatic carbocycles. The average Bonchev–Trinajstić information content (AvgIpc) is 2.56. The molecule has 0 saturated carbocycles. The van der Waals surface area contributed by atoms with Gasteiger partial charge in [0.15, 0.2) is 5.96 Å². The van der Waals surface area contributed by atoms with Gasteiger partial charge in [-0.15, -0.1) is 24.0 Å². The van der Waals surface area contributed by atoms with E-state index in [0.29, 0.717) is 19.1 Å². The van der Waals surface area contributed by atoms with E-state index in [-0.39, 0.29) is 30.1 Å². The molecule has 0 saturated heterocycles. The number of hydrogen-bond donors (Lipinski definition) is 2. The first-order chi connectivity index (χ1) is 12.1. The average molecular weight is 499 g/mol. The highest BCUT2D eigenvalue weighted by atomic mass is 127. The second-order valence-corrected chi connectivity index (χ2v) is 7.62. The predicted octanol–water partition coefficient (Wildman–Crippen LogP) is 3.15. The number of carbonyl (C=O) groups excluding carboxylic acids is 1. The van der Waals surface area contributed by atoms with E-state index in [2.05, 4.69) is 41.3 Å². The monoisotopic (exact) mass is 499 g/mol. The molecule has 1 unspecified atom stereocenters.